The van der Waals surface area contributed by atoms with E-state index in [1.807, 2.05) is 0 Å². The van der Waals surface area contributed by atoms with Crippen molar-refractivity contribution in [2.24, 2.45) is 0 Å². The van der Waals surface area contributed by atoms with Gasteiger partial charge in [0.05, 0.1) is 28.1 Å². The predicted molar refractivity (Wildman–Crippen MR) is 175 cm³/mol. The highest BCUT2D eigenvalue weighted by Gasteiger charge is 2.17. The second kappa shape index (κ2) is 18.5. The molecular weight excluding hydrogens is 640 g/mol. The summed E-state index contributed by atoms with van der Waals surface area (Å²) in [7, 11) is 3.56. The number of hydrogen-bond acceptors (Lipinski definition) is 4. The molecule has 1 aromatic carbocycles. The lowest BCUT2D eigenvalue weighted by Crippen LogP contribution is -1.88. The summed E-state index contributed by atoms with van der Waals surface area (Å²) in [4.78, 5) is 0. The number of thiophene rings is 2. The first-order valence-electron chi connectivity index (χ1n) is 14.0. The lowest BCUT2D eigenvalue weighted by atomic mass is 10.0. The predicted octanol–water partition coefficient (Wildman–Crippen LogP) is 11.1. The molecule has 3 rings (SSSR count). The normalized spacial score (nSPS) is 11.1. The van der Waals surface area contributed by atoms with Gasteiger partial charge < -0.3 is 9.47 Å². The maximum Gasteiger partial charge on any atom is 0.0711 e. The third-order valence-electron chi connectivity index (χ3n) is 6.62. The zero-order chi connectivity index (χ0) is 27.0. The molecular formula is C32H40Br2O2S2. The van der Waals surface area contributed by atoms with Crippen molar-refractivity contribution in [2.75, 3.05) is 27.4 Å². The fourth-order valence-corrected chi connectivity index (χ4v) is 7.83. The van der Waals surface area contributed by atoms with Crippen molar-refractivity contribution in [3.63, 3.8) is 0 Å². The van der Waals surface area contributed by atoms with Crippen LogP contribution in [0.25, 0.3) is 20.2 Å². The zero-order valence-electron chi connectivity index (χ0n) is 22.9. The molecule has 0 N–H and O–H groups in total. The fraction of sp³-hybridized carbons (Fsp3) is 0.562. The van der Waals surface area contributed by atoms with Crippen LogP contribution in [0.2, 0.25) is 0 Å². The van der Waals surface area contributed by atoms with Gasteiger partial charge in [0.1, 0.15) is 0 Å². The third kappa shape index (κ3) is 10.3. The van der Waals surface area contributed by atoms with E-state index in [1.54, 1.807) is 36.9 Å². The molecule has 0 aliphatic rings. The minimum absolute atomic E-state index is 0.881. The van der Waals surface area contributed by atoms with Gasteiger partial charge in [-0.1, -0.05) is 75.0 Å². The van der Waals surface area contributed by atoms with Crippen molar-refractivity contribution in [3.8, 4) is 23.7 Å². The van der Waals surface area contributed by atoms with E-state index in [0.717, 1.165) is 44.8 Å². The van der Waals surface area contributed by atoms with Gasteiger partial charge in [-0.15, -0.1) is 22.7 Å². The van der Waals surface area contributed by atoms with Crippen LogP contribution in [0.15, 0.2) is 19.7 Å². The van der Waals surface area contributed by atoms with E-state index in [9.17, 15) is 0 Å². The number of hydrogen-bond donors (Lipinski definition) is 0. The number of unbranched alkanes of at least 4 members (excludes halogenated alkanes) is 12. The average molecular weight is 681 g/mol. The van der Waals surface area contributed by atoms with E-state index in [-0.39, 0.29) is 0 Å². The van der Waals surface area contributed by atoms with Crippen molar-refractivity contribution in [1.29, 1.82) is 0 Å². The van der Waals surface area contributed by atoms with Gasteiger partial charge in [0.2, 0.25) is 0 Å². The monoisotopic (exact) mass is 678 g/mol. The molecule has 0 spiro atoms. The van der Waals surface area contributed by atoms with Gasteiger partial charge in [0.25, 0.3) is 0 Å². The first-order chi connectivity index (χ1) is 18.7. The molecule has 2 heterocycles. The van der Waals surface area contributed by atoms with E-state index >= 15 is 0 Å². The number of methoxy groups -OCH3 is 2. The van der Waals surface area contributed by atoms with Crippen molar-refractivity contribution < 1.29 is 9.47 Å². The number of benzene rings is 1. The molecule has 0 saturated carbocycles. The summed E-state index contributed by atoms with van der Waals surface area (Å²) in [6.45, 7) is 1.76. The molecule has 2 nitrogen and oxygen atoms in total. The summed E-state index contributed by atoms with van der Waals surface area (Å²) in [6, 6.07) is 4.46. The molecule has 0 aliphatic heterocycles. The van der Waals surface area contributed by atoms with Crippen LogP contribution in [-0.4, -0.2) is 27.4 Å². The number of halogens is 2. The average Bonchev–Trinajstić information content (AvgIpc) is 3.48. The van der Waals surface area contributed by atoms with Gasteiger partial charge in [-0.3, -0.25) is 0 Å². The standard InChI is InChI=1S/C32H40Br2O2S2/c1-35-21-17-13-9-5-3-7-11-15-19-25-27-23-29(33)38-32(27)26(28-24-30(34)37-31(25)28)20-16-12-8-4-6-10-14-18-22-36-2/h23-24H,3-14,17-18,21-22H2,1-2H3. The Morgan fingerprint density at radius 2 is 0.947 bits per heavy atom. The lowest BCUT2D eigenvalue weighted by molar-refractivity contribution is 0.192. The van der Waals surface area contributed by atoms with E-state index in [4.69, 9.17) is 9.47 Å². The minimum atomic E-state index is 0.881. The molecule has 3 aromatic rings. The third-order valence-corrected chi connectivity index (χ3v) is 9.94. The Morgan fingerprint density at radius 3 is 1.34 bits per heavy atom. The van der Waals surface area contributed by atoms with Crippen LogP contribution in [-0.2, 0) is 9.47 Å². The molecule has 0 saturated heterocycles. The fourth-order valence-electron chi connectivity index (χ4n) is 4.59. The molecule has 0 aliphatic carbocycles. The van der Waals surface area contributed by atoms with E-state index in [1.165, 1.54) is 97.2 Å². The molecule has 0 unspecified atom stereocenters. The molecule has 0 fully saturated rings. The molecule has 206 valence electrons. The maximum atomic E-state index is 5.13. The smallest absolute Gasteiger partial charge is 0.0711 e. The van der Waals surface area contributed by atoms with Gasteiger partial charge in [-0.2, -0.15) is 0 Å². The van der Waals surface area contributed by atoms with Crippen LogP contribution < -0.4 is 0 Å². The van der Waals surface area contributed by atoms with Crippen molar-refractivity contribution in [2.45, 2.75) is 89.9 Å². The van der Waals surface area contributed by atoms with E-state index < -0.39 is 0 Å². The molecule has 0 amide bonds. The van der Waals surface area contributed by atoms with Crippen molar-refractivity contribution in [1.82, 2.24) is 0 Å². The summed E-state index contributed by atoms with van der Waals surface area (Å²) in [5.74, 6) is 14.1. The summed E-state index contributed by atoms with van der Waals surface area (Å²) >= 11 is 11.0. The van der Waals surface area contributed by atoms with Crippen LogP contribution in [0.4, 0.5) is 0 Å². The van der Waals surface area contributed by atoms with Crippen molar-refractivity contribution in [3.05, 3.63) is 30.8 Å². The lowest BCUT2D eigenvalue weighted by Gasteiger charge is -2.03. The Balaban J connectivity index is 1.64. The Labute approximate surface area is 254 Å². The minimum Gasteiger partial charge on any atom is -0.385 e. The first kappa shape index (κ1) is 31.7. The highest BCUT2D eigenvalue weighted by Crippen LogP contribution is 2.43. The zero-order valence-corrected chi connectivity index (χ0v) is 27.7. The Bertz CT molecular complexity index is 1100. The molecule has 2 aromatic heterocycles. The van der Waals surface area contributed by atoms with Gasteiger partial charge in [0, 0.05) is 51.0 Å². The Kier molecular flexibility index (Phi) is 15.4. The Hall–Kier alpha value is -0.860. The summed E-state index contributed by atoms with van der Waals surface area (Å²) < 4.78 is 15.0. The number of rotatable bonds is 16. The number of fused-ring (bicyclic) bond motifs is 2. The first-order valence-corrected chi connectivity index (χ1v) is 17.2. The summed E-state index contributed by atoms with van der Waals surface area (Å²) in [5, 5.41) is 2.46. The van der Waals surface area contributed by atoms with E-state index in [2.05, 4.69) is 67.7 Å². The quantitative estimate of drug-likeness (QED) is 0.111. The maximum absolute atomic E-state index is 5.13. The summed E-state index contributed by atoms with van der Waals surface area (Å²) in [6.07, 6.45) is 16.8. The van der Waals surface area contributed by atoms with Gasteiger partial charge in [-0.25, -0.2) is 0 Å². The topological polar surface area (TPSA) is 18.5 Å². The molecule has 0 bridgehead atoms. The molecule has 0 radical (unpaired) electrons. The SMILES string of the molecule is COCCCCCCCCC#Cc1c2cc(Br)sc2c(C#CCCCCCCCCOC)c2cc(Br)sc12. The molecule has 38 heavy (non-hydrogen) atoms. The second-order valence-electron chi connectivity index (χ2n) is 9.67. The van der Waals surface area contributed by atoms with Crippen LogP contribution >= 0.6 is 54.5 Å². The molecule has 6 heteroatoms. The van der Waals surface area contributed by atoms with Crippen molar-refractivity contribution >= 4 is 74.7 Å². The molecule has 0 atom stereocenters. The number of ether oxygens (including phenoxy) is 2. The largest absolute Gasteiger partial charge is 0.385 e. The highest BCUT2D eigenvalue weighted by atomic mass is 79.9. The van der Waals surface area contributed by atoms with E-state index in [0.29, 0.717) is 0 Å². The van der Waals surface area contributed by atoms with Crippen LogP contribution in [0.5, 0.6) is 0 Å². The van der Waals surface area contributed by atoms with Gasteiger partial charge >= 0.3 is 0 Å². The highest BCUT2D eigenvalue weighted by molar-refractivity contribution is 9.11. The summed E-state index contributed by atoms with van der Waals surface area (Å²) in [5.41, 5.74) is 2.32. The second-order valence-corrected chi connectivity index (χ2v) is 14.5. The Morgan fingerprint density at radius 1 is 0.579 bits per heavy atom. The van der Waals surface area contributed by atoms with Gasteiger partial charge in [0.15, 0.2) is 0 Å². The van der Waals surface area contributed by atoms with Gasteiger partial charge in [-0.05, 0) is 69.7 Å². The van der Waals surface area contributed by atoms with Crippen LogP contribution in [0, 0.1) is 23.7 Å². The van der Waals surface area contributed by atoms with Crippen LogP contribution in [0.3, 0.4) is 0 Å². The van der Waals surface area contributed by atoms with Crippen LogP contribution in [0.1, 0.15) is 101 Å².